The number of carboxylic acid groups (broad SMARTS) is 1. The summed E-state index contributed by atoms with van der Waals surface area (Å²) in [5.74, 6) is -0.790. The monoisotopic (exact) mass is 401 g/mol. The Balaban J connectivity index is 2.33. The third kappa shape index (κ3) is 4.99. The summed E-state index contributed by atoms with van der Waals surface area (Å²) in [6, 6.07) is 2.63. The number of alkyl halides is 2. The molecule has 11 heteroatoms. The molecule has 2 rings (SSSR count). The number of hydrogen-bond donors (Lipinski definition) is 2. The summed E-state index contributed by atoms with van der Waals surface area (Å²) in [6.45, 7) is -0.451. The highest BCUT2D eigenvalue weighted by atomic mass is 19.3. The van der Waals surface area contributed by atoms with E-state index in [1.54, 1.807) is 0 Å². The first kappa shape index (κ1) is 21.2. The van der Waals surface area contributed by atoms with Gasteiger partial charge >= 0.3 is 18.1 Å². The number of benzene rings is 1. The van der Waals surface area contributed by atoms with Crippen LogP contribution in [-0.4, -0.2) is 67.4 Å². The fraction of sp³-hybridized carbons (Fsp3) is 0.471. The lowest BCUT2D eigenvalue weighted by Crippen LogP contribution is -2.50. The molecule has 1 heterocycles. The summed E-state index contributed by atoms with van der Waals surface area (Å²) in [5, 5.41) is 9.05. The number of halogens is 2. The number of methoxy groups -OCH3 is 1. The molecule has 1 aliphatic heterocycles. The van der Waals surface area contributed by atoms with Crippen molar-refractivity contribution in [1.29, 1.82) is 0 Å². The SMILES string of the molecule is COC(=O)c1cc(OCC(F)F)ccc1N(C(N)=O)C1CCN(C(=O)O)CC1. The largest absolute Gasteiger partial charge is 0.488 e. The smallest absolute Gasteiger partial charge is 0.407 e. The minimum absolute atomic E-state index is 0.00886. The molecule has 3 amide bonds. The number of amides is 3. The van der Waals surface area contributed by atoms with Crippen LogP contribution in [-0.2, 0) is 4.74 Å². The van der Waals surface area contributed by atoms with Gasteiger partial charge in [0.1, 0.15) is 12.4 Å². The molecule has 0 bridgehead atoms. The Morgan fingerprint density at radius 2 is 1.96 bits per heavy atom. The molecule has 3 N–H and O–H groups in total. The second kappa shape index (κ2) is 9.20. The van der Waals surface area contributed by atoms with Crippen molar-refractivity contribution in [2.75, 3.05) is 31.7 Å². The van der Waals surface area contributed by atoms with Gasteiger partial charge in [-0.05, 0) is 31.0 Å². The van der Waals surface area contributed by atoms with Crippen molar-refractivity contribution < 1.29 is 37.7 Å². The van der Waals surface area contributed by atoms with Crippen LogP contribution in [0.4, 0.5) is 24.1 Å². The molecule has 154 valence electrons. The predicted molar refractivity (Wildman–Crippen MR) is 94.0 cm³/mol. The molecular formula is C17H21F2N3O6. The predicted octanol–water partition coefficient (Wildman–Crippen LogP) is 2.14. The van der Waals surface area contributed by atoms with Crippen LogP contribution in [0.5, 0.6) is 5.75 Å². The maximum atomic E-state index is 12.4. The first-order chi connectivity index (χ1) is 13.2. The molecule has 9 nitrogen and oxygen atoms in total. The van der Waals surface area contributed by atoms with E-state index in [0.717, 1.165) is 7.11 Å². The number of likely N-dealkylation sites (tertiary alicyclic amines) is 1. The molecule has 1 aliphatic rings. The Morgan fingerprint density at radius 1 is 1.32 bits per heavy atom. The number of nitrogens with zero attached hydrogens (tertiary/aromatic N) is 2. The number of rotatable bonds is 6. The molecule has 1 aromatic rings. The standard InChI is InChI=1S/C17H21F2N3O6/c1-27-15(23)12-8-11(28-9-14(18)19)2-3-13(12)22(16(20)24)10-4-6-21(7-5-10)17(25)26/h2-3,8,10,14H,4-7,9H2,1H3,(H2,20,24)(H,25,26). The van der Waals surface area contributed by atoms with Crippen LogP contribution in [0.3, 0.4) is 0 Å². The van der Waals surface area contributed by atoms with E-state index < -0.39 is 37.2 Å². The van der Waals surface area contributed by atoms with E-state index in [2.05, 4.69) is 0 Å². The van der Waals surface area contributed by atoms with Gasteiger partial charge in [-0.1, -0.05) is 0 Å². The van der Waals surface area contributed by atoms with E-state index in [-0.39, 0.29) is 30.1 Å². The first-order valence-electron chi connectivity index (χ1n) is 8.44. The van der Waals surface area contributed by atoms with Gasteiger partial charge in [-0.3, -0.25) is 4.90 Å². The summed E-state index contributed by atoms with van der Waals surface area (Å²) in [5.41, 5.74) is 5.58. The number of anilines is 1. The van der Waals surface area contributed by atoms with Gasteiger partial charge < -0.3 is 25.2 Å². The quantitative estimate of drug-likeness (QED) is 0.704. The molecule has 1 aromatic carbocycles. The van der Waals surface area contributed by atoms with E-state index in [9.17, 15) is 23.2 Å². The highest BCUT2D eigenvalue weighted by Gasteiger charge is 2.32. The molecule has 0 aromatic heterocycles. The van der Waals surface area contributed by atoms with Crippen molar-refractivity contribution in [3.05, 3.63) is 23.8 Å². The topological polar surface area (TPSA) is 122 Å². The van der Waals surface area contributed by atoms with Gasteiger partial charge in [0.05, 0.1) is 18.4 Å². The molecule has 0 unspecified atom stereocenters. The van der Waals surface area contributed by atoms with E-state index in [1.165, 1.54) is 28.0 Å². The number of urea groups is 1. The summed E-state index contributed by atoms with van der Waals surface area (Å²) in [4.78, 5) is 37.8. The highest BCUT2D eigenvalue weighted by Crippen LogP contribution is 2.31. The van der Waals surface area contributed by atoms with Crippen molar-refractivity contribution in [3.63, 3.8) is 0 Å². The average Bonchev–Trinajstić information content (AvgIpc) is 2.66. The van der Waals surface area contributed by atoms with Crippen molar-refractivity contribution in [1.82, 2.24) is 4.90 Å². The van der Waals surface area contributed by atoms with Gasteiger partial charge in [-0.2, -0.15) is 0 Å². The Labute approximate surface area is 159 Å². The average molecular weight is 401 g/mol. The lowest BCUT2D eigenvalue weighted by Gasteiger charge is -2.37. The molecule has 0 atom stereocenters. The maximum Gasteiger partial charge on any atom is 0.407 e. The number of carbonyl (C=O) groups is 3. The fourth-order valence-electron chi connectivity index (χ4n) is 3.06. The van der Waals surface area contributed by atoms with Crippen LogP contribution in [0.1, 0.15) is 23.2 Å². The van der Waals surface area contributed by atoms with Crippen LogP contribution in [0.2, 0.25) is 0 Å². The van der Waals surface area contributed by atoms with Crippen molar-refractivity contribution >= 4 is 23.8 Å². The third-order valence-corrected chi connectivity index (χ3v) is 4.35. The fourth-order valence-corrected chi connectivity index (χ4v) is 3.06. The van der Waals surface area contributed by atoms with Crippen molar-refractivity contribution in [2.24, 2.45) is 5.73 Å². The van der Waals surface area contributed by atoms with Crippen molar-refractivity contribution in [2.45, 2.75) is 25.3 Å². The van der Waals surface area contributed by atoms with Crippen molar-refractivity contribution in [3.8, 4) is 5.75 Å². The molecule has 0 saturated carbocycles. The molecule has 0 aliphatic carbocycles. The minimum Gasteiger partial charge on any atom is -0.488 e. The zero-order valence-electron chi connectivity index (χ0n) is 15.1. The minimum atomic E-state index is -2.69. The highest BCUT2D eigenvalue weighted by molar-refractivity contribution is 6.02. The van der Waals surface area contributed by atoms with Crippen LogP contribution in [0.25, 0.3) is 0 Å². The van der Waals surface area contributed by atoms with E-state index >= 15 is 0 Å². The molecule has 0 spiro atoms. The zero-order valence-corrected chi connectivity index (χ0v) is 15.1. The van der Waals surface area contributed by atoms with Crippen LogP contribution in [0.15, 0.2) is 18.2 Å². The normalized spacial score (nSPS) is 14.6. The lowest BCUT2D eigenvalue weighted by atomic mass is 10.0. The van der Waals surface area contributed by atoms with Gasteiger partial charge in [-0.25, -0.2) is 23.2 Å². The number of hydrogen-bond acceptors (Lipinski definition) is 5. The van der Waals surface area contributed by atoms with Gasteiger partial charge in [0.25, 0.3) is 6.43 Å². The number of piperidine rings is 1. The second-order valence-electron chi connectivity index (χ2n) is 6.08. The van der Waals surface area contributed by atoms with Gasteiger partial charge in [0.15, 0.2) is 0 Å². The Morgan fingerprint density at radius 3 is 2.46 bits per heavy atom. The van der Waals surface area contributed by atoms with Crippen LogP contribution >= 0.6 is 0 Å². The summed E-state index contributed by atoms with van der Waals surface area (Å²) in [7, 11) is 1.14. The molecule has 1 fully saturated rings. The molecule has 1 saturated heterocycles. The van der Waals surface area contributed by atoms with E-state index in [0.29, 0.717) is 12.8 Å². The summed E-state index contributed by atoms with van der Waals surface area (Å²) < 4.78 is 34.4. The molecule has 28 heavy (non-hydrogen) atoms. The summed E-state index contributed by atoms with van der Waals surface area (Å²) >= 11 is 0. The maximum absolute atomic E-state index is 12.4. The number of ether oxygens (including phenoxy) is 2. The van der Waals surface area contributed by atoms with Gasteiger partial charge in [0, 0.05) is 19.1 Å². The number of esters is 1. The number of nitrogens with two attached hydrogens (primary N) is 1. The third-order valence-electron chi connectivity index (χ3n) is 4.35. The zero-order chi connectivity index (χ0) is 20.8. The Hall–Kier alpha value is -3.11. The lowest BCUT2D eigenvalue weighted by molar-refractivity contribution is 0.0600. The number of carbonyl (C=O) groups excluding carboxylic acids is 2. The van der Waals surface area contributed by atoms with Crippen LogP contribution in [0, 0.1) is 0 Å². The van der Waals surface area contributed by atoms with Crippen LogP contribution < -0.4 is 15.4 Å². The van der Waals surface area contributed by atoms with Gasteiger partial charge in [0.2, 0.25) is 0 Å². The first-order valence-corrected chi connectivity index (χ1v) is 8.44. The van der Waals surface area contributed by atoms with E-state index in [1.807, 2.05) is 0 Å². The molecular weight excluding hydrogens is 380 g/mol. The number of primary amides is 1. The molecule has 0 radical (unpaired) electrons. The van der Waals surface area contributed by atoms with E-state index in [4.69, 9.17) is 20.3 Å². The second-order valence-corrected chi connectivity index (χ2v) is 6.08. The van der Waals surface area contributed by atoms with Gasteiger partial charge in [-0.15, -0.1) is 0 Å². The Bertz CT molecular complexity index is 738. The summed E-state index contributed by atoms with van der Waals surface area (Å²) in [6.07, 6.45) is -3.11. The Kier molecular flexibility index (Phi) is 6.96.